The monoisotopic (exact) mass is 264 g/mol. The van der Waals surface area contributed by atoms with Crippen molar-refractivity contribution in [2.45, 2.75) is 38.5 Å². The van der Waals surface area contributed by atoms with E-state index in [1.807, 2.05) is 18.2 Å². The maximum absolute atomic E-state index is 12.8. The SMILES string of the molecule is Cc1cccc(C)c1CC(=O)C1(c2ccccc2)CC1. The maximum Gasteiger partial charge on any atom is 0.147 e. The van der Waals surface area contributed by atoms with Gasteiger partial charge in [-0.1, -0.05) is 48.5 Å². The number of hydrogen-bond donors (Lipinski definition) is 0. The summed E-state index contributed by atoms with van der Waals surface area (Å²) in [6.45, 7) is 4.19. The molecule has 0 radical (unpaired) electrons. The lowest BCUT2D eigenvalue weighted by molar-refractivity contribution is -0.120. The van der Waals surface area contributed by atoms with E-state index < -0.39 is 0 Å². The van der Waals surface area contributed by atoms with Gasteiger partial charge in [0.25, 0.3) is 0 Å². The summed E-state index contributed by atoms with van der Waals surface area (Å²) in [6.07, 6.45) is 2.56. The lowest BCUT2D eigenvalue weighted by Gasteiger charge is -2.16. The number of ketones is 1. The zero-order chi connectivity index (χ0) is 14.2. The van der Waals surface area contributed by atoms with Crippen molar-refractivity contribution < 1.29 is 4.79 Å². The van der Waals surface area contributed by atoms with E-state index in [1.54, 1.807) is 0 Å². The molecule has 0 spiro atoms. The van der Waals surface area contributed by atoms with Gasteiger partial charge in [0.1, 0.15) is 5.78 Å². The molecule has 1 heteroatoms. The van der Waals surface area contributed by atoms with Gasteiger partial charge in [0.15, 0.2) is 0 Å². The van der Waals surface area contributed by atoms with Crippen LogP contribution in [-0.2, 0) is 16.6 Å². The number of benzene rings is 2. The molecule has 2 aromatic carbocycles. The Morgan fingerprint density at radius 3 is 2.10 bits per heavy atom. The average molecular weight is 264 g/mol. The first-order valence-corrected chi connectivity index (χ1v) is 7.27. The molecule has 0 saturated heterocycles. The lowest BCUT2D eigenvalue weighted by atomic mass is 9.86. The van der Waals surface area contributed by atoms with Crippen LogP contribution in [0.5, 0.6) is 0 Å². The molecule has 1 aliphatic rings. The first-order chi connectivity index (χ1) is 9.63. The van der Waals surface area contributed by atoms with Gasteiger partial charge in [-0.25, -0.2) is 0 Å². The zero-order valence-corrected chi connectivity index (χ0v) is 12.1. The van der Waals surface area contributed by atoms with Crippen molar-refractivity contribution in [3.63, 3.8) is 0 Å². The number of hydrogen-bond acceptors (Lipinski definition) is 1. The van der Waals surface area contributed by atoms with Crippen LogP contribution in [0.1, 0.15) is 35.1 Å². The Balaban J connectivity index is 1.88. The summed E-state index contributed by atoms with van der Waals surface area (Å²) in [4.78, 5) is 12.8. The molecule has 1 saturated carbocycles. The van der Waals surface area contributed by atoms with Crippen LogP contribution in [0.25, 0.3) is 0 Å². The minimum absolute atomic E-state index is 0.198. The summed E-state index contributed by atoms with van der Waals surface area (Å²) >= 11 is 0. The first kappa shape index (κ1) is 13.1. The fourth-order valence-electron chi connectivity index (χ4n) is 3.07. The van der Waals surface area contributed by atoms with Crippen LogP contribution >= 0.6 is 0 Å². The second-order valence-electron chi connectivity index (χ2n) is 5.92. The number of rotatable bonds is 4. The summed E-state index contributed by atoms with van der Waals surface area (Å²) < 4.78 is 0. The van der Waals surface area contributed by atoms with E-state index in [2.05, 4.69) is 44.2 Å². The fraction of sp³-hybridized carbons (Fsp3) is 0.316. The smallest absolute Gasteiger partial charge is 0.147 e. The highest BCUT2D eigenvalue weighted by Crippen LogP contribution is 2.49. The molecule has 0 aromatic heterocycles. The standard InChI is InChI=1S/C19H20O/c1-14-7-6-8-15(2)17(14)13-18(20)19(11-12-19)16-9-4-3-5-10-16/h3-10H,11-13H2,1-2H3. The minimum Gasteiger partial charge on any atom is -0.298 e. The number of carbonyl (C=O) groups is 1. The fourth-order valence-corrected chi connectivity index (χ4v) is 3.07. The van der Waals surface area contributed by atoms with Crippen LogP contribution in [0.15, 0.2) is 48.5 Å². The molecule has 0 aliphatic heterocycles. The molecular weight excluding hydrogens is 244 g/mol. The van der Waals surface area contributed by atoms with Crippen LogP contribution in [-0.4, -0.2) is 5.78 Å². The number of carbonyl (C=O) groups excluding carboxylic acids is 1. The van der Waals surface area contributed by atoms with Gasteiger partial charge in [-0.15, -0.1) is 0 Å². The summed E-state index contributed by atoms with van der Waals surface area (Å²) in [7, 11) is 0. The van der Waals surface area contributed by atoms with Gasteiger partial charge in [0.2, 0.25) is 0 Å². The van der Waals surface area contributed by atoms with Crippen LogP contribution in [0.3, 0.4) is 0 Å². The molecule has 0 unspecified atom stereocenters. The highest BCUT2D eigenvalue weighted by molar-refractivity contribution is 5.94. The third kappa shape index (κ3) is 2.18. The van der Waals surface area contributed by atoms with Gasteiger partial charge in [-0.05, 0) is 48.9 Å². The molecule has 0 atom stereocenters. The molecule has 2 aromatic rings. The summed E-state index contributed by atoms with van der Waals surface area (Å²) in [5, 5.41) is 0. The largest absolute Gasteiger partial charge is 0.298 e. The van der Waals surface area contributed by atoms with Crippen molar-refractivity contribution in [2.24, 2.45) is 0 Å². The number of aryl methyl sites for hydroxylation is 2. The Kier molecular flexibility index (Phi) is 3.21. The minimum atomic E-state index is -0.198. The van der Waals surface area contributed by atoms with Crippen molar-refractivity contribution in [3.05, 3.63) is 70.8 Å². The quantitative estimate of drug-likeness (QED) is 0.811. The van der Waals surface area contributed by atoms with E-state index in [-0.39, 0.29) is 5.41 Å². The topological polar surface area (TPSA) is 17.1 Å². The van der Waals surface area contributed by atoms with E-state index in [0.29, 0.717) is 12.2 Å². The van der Waals surface area contributed by atoms with Crippen LogP contribution in [0.4, 0.5) is 0 Å². The van der Waals surface area contributed by atoms with Crippen molar-refractivity contribution in [1.82, 2.24) is 0 Å². The maximum atomic E-state index is 12.8. The predicted octanol–water partition coefficient (Wildman–Crippen LogP) is 4.15. The van der Waals surface area contributed by atoms with Crippen molar-refractivity contribution in [2.75, 3.05) is 0 Å². The van der Waals surface area contributed by atoms with E-state index in [9.17, 15) is 4.79 Å². The summed E-state index contributed by atoms with van der Waals surface area (Å²) in [6, 6.07) is 16.5. The molecule has 1 aliphatic carbocycles. The second kappa shape index (κ2) is 4.90. The zero-order valence-electron chi connectivity index (χ0n) is 12.1. The van der Waals surface area contributed by atoms with Gasteiger partial charge in [0.05, 0.1) is 5.41 Å². The van der Waals surface area contributed by atoms with Crippen molar-refractivity contribution in [3.8, 4) is 0 Å². The van der Waals surface area contributed by atoms with Crippen LogP contribution in [0.2, 0.25) is 0 Å². The Morgan fingerprint density at radius 1 is 0.950 bits per heavy atom. The van der Waals surface area contributed by atoms with Gasteiger partial charge in [-0.2, -0.15) is 0 Å². The van der Waals surface area contributed by atoms with Gasteiger partial charge in [-0.3, -0.25) is 4.79 Å². The normalized spacial score (nSPS) is 15.9. The van der Waals surface area contributed by atoms with Gasteiger partial charge >= 0.3 is 0 Å². The molecule has 20 heavy (non-hydrogen) atoms. The predicted molar refractivity (Wildman–Crippen MR) is 82.0 cm³/mol. The van der Waals surface area contributed by atoms with E-state index in [1.165, 1.54) is 22.3 Å². The van der Waals surface area contributed by atoms with Crippen LogP contribution < -0.4 is 0 Å². The summed E-state index contributed by atoms with van der Waals surface area (Å²) in [5.74, 6) is 0.376. The lowest BCUT2D eigenvalue weighted by Crippen LogP contribution is -2.23. The second-order valence-corrected chi connectivity index (χ2v) is 5.92. The Bertz CT molecular complexity index is 616. The molecule has 0 heterocycles. The molecule has 1 fully saturated rings. The van der Waals surface area contributed by atoms with E-state index >= 15 is 0 Å². The highest BCUT2D eigenvalue weighted by Gasteiger charge is 2.50. The molecule has 0 bridgehead atoms. The average Bonchev–Trinajstić information content (AvgIpc) is 3.25. The highest BCUT2D eigenvalue weighted by atomic mass is 16.1. The Morgan fingerprint density at radius 2 is 1.55 bits per heavy atom. The van der Waals surface area contributed by atoms with Crippen molar-refractivity contribution in [1.29, 1.82) is 0 Å². The molecular formula is C19H20O. The Labute approximate surface area is 120 Å². The molecule has 3 rings (SSSR count). The first-order valence-electron chi connectivity index (χ1n) is 7.27. The molecule has 1 nitrogen and oxygen atoms in total. The van der Waals surface area contributed by atoms with Gasteiger partial charge < -0.3 is 0 Å². The molecule has 0 N–H and O–H groups in total. The van der Waals surface area contributed by atoms with Crippen LogP contribution in [0, 0.1) is 13.8 Å². The molecule has 0 amide bonds. The van der Waals surface area contributed by atoms with E-state index in [4.69, 9.17) is 0 Å². The van der Waals surface area contributed by atoms with Crippen molar-refractivity contribution >= 4 is 5.78 Å². The third-order valence-corrected chi connectivity index (χ3v) is 4.59. The Hall–Kier alpha value is -1.89. The summed E-state index contributed by atoms with van der Waals surface area (Å²) in [5.41, 5.74) is 4.65. The van der Waals surface area contributed by atoms with E-state index in [0.717, 1.165) is 12.8 Å². The van der Waals surface area contributed by atoms with Gasteiger partial charge in [0, 0.05) is 6.42 Å². The number of Topliss-reactive ketones (excluding diaryl/α,β-unsaturated/α-hetero) is 1. The third-order valence-electron chi connectivity index (χ3n) is 4.59. The molecule has 102 valence electrons.